The second kappa shape index (κ2) is 1.98. The maximum atomic E-state index is 5.43. The summed E-state index contributed by atoms with van der Waals surface area (Å²) in [7, 11) is 0. The minimum Gasteiger partial charge on any atom is -0.369 e. The Balaban J connectivity index is 2.33. The predicted molar refractivity (Wildman–Crippen MR) is 38.4 cm³/mol. The van der Waals surface area contributed by atoms with Crippen LogP contribution in [-0.4, -0.2) is 12.2 Å². The quantitative estimate of drug-likeness (QED) is 0.493. The number of epoxide rings is 1. The molecular weight excluding hydrogens is 112 g/mol. The molecule has 0 amide bonds. The Bertz CT molecular complexity index is 102. The molecule has 1 aliphatic heterocycles. The van der Waals surface area contributed by atoms with Gasteiger partial charge in [0.25, 0.3) is 0 Å². The van der Waals surface area contributed by atoms with E-state index in [1.165, 1.54) is 6.42 Å². The molecular formula is C8H16O. The number of hydrogen-bond donors (Lipinski definition) is 0. The van der Waals surface area contributed by atoms with Gasteiger partial charge in [0.05, 0.1) is 12.2 Å². The van der Waals surface area contributed by atoms with Gasteiger partial charge in [-0.2, -0.15) is 0 Å². The molecule has 0 radical (unpaired) electrons. The van der Waals surface area contributed by atoms with Crippen molar-refractivity contribution in [2.75, 3.05) is 0 Å². The first-order valence-electron chi connectivity index (χ1n) is 3.71. The Morgan fingerprint density at radius 1 is 1.33 bits per heavy atom. The number of rotatable bonds is 1. The summed E-state index contributed by atoms with van der Waals surface area (Å²) in [6, 6.07) is 0. The molecule has 1 rings (SSSR count). The summed E-state index contributed by atoms with van der Waals surface area (Å²) in [5.41, 5.74) is 0.362. The predicted octanol–water partition coefficient (Wildman–Crippen LogP) is 2.21. The van der Waals surface area contributed by atoms with E-state index < -0.39 is 0 Å². The van der Waals surface area contributed by atoms with Gasteiger partial charge in [-0.1, -0.05) is 27.7 Å². The van der Waals surface area contributed by atoms with Gasteiger partial charge in [0.2, 0.25) is 0 Å². The van der Waals surface area contributed by atoms with Crippen molar-refractivity contribution in [1.82, 2.24) is 0 Å². The molecule has 0 saturated carbocycles. The number of hydrogen-bond acceptors (Lipinski definition) is 1. The van der Waals surface area contributed by atoms with Crippen LogP contribution in [0.1, 0.15) is 34.1 Å². The normalized spacial score (nSPS) is 34.7. The summed E-state index contributed by atoms with van der Waals surface area (Å²) in [6.07, 6.45) is 2.26. The van der Waals surface area contributed by atoms with Gasteiger partial charge in [-0.3, -0.25) is 0 Å². The van der Waals surface area contributed by atoms with Crippen LogP contribution in [-0.2, 0) is 4.74 Å². The third-order valence-electron chi connectivity index (χ3n) is 1.84. The lowest BCUT2D eigenvalue weighted by Gasteiger charge is -2.13. The maximum absolute atomic E-state index is 5.43. The zero-order valence-electron chi connectivity index (χ0n) is 6.77. The largest absolute Gasteiger partial charge is 0.369 e. The Labute approximate surface area is 57.4 Å². The molecule has 0 bridgehead atoms. The highest BCUT2D eigenvalue weighted by molar-refractivity contribution is 4.92. The lowest BCUT2D eigenvalue weighted by Crippen LogP contribution is -2.15. The topological polar surface area (TPSA) is 12.5 Å². The average Bonchev–Trinajstić information content (AvgIpc) is 2.39. The first-order valence-corrected chi connectivity index (χ1v) is 3.71. The van der Waals surface area contributed by atoms with Gasteiger partial charge >= 0.3 is 0 Å². The Hall–Kier alpha value is -0.0400. The lowest BCUT2D eigenvalue weighted by molar-refractivity contribution is 0.260. The number of ether oxygens (including phenoxy) is 1. The van der Waals surface area contributed by atoms with Crippen LogP contribution in [0.3, 0.4) is 0 Å². The molecule has 1 heteroatoms. The summed E-state index contributed by atoms with van der Waals surface area (Å²) < 4.78 is 5.43. The van der Waals surface area contributed by atoms with Gasteiger partial charge in [0.1, 0.15) is 0 Å². The van der Waals surface area contributed by atoms with Crippen LogP contribution in [0.25, 0.3) is 0 Å². The second-order valence-electron chi connectivity index (χ2n) is 3.87. The molecule has 1 nitrogen and oxygen atoms in total. The van der Waals surface area contributed by atoms with Crippen LogP contribution in [0.5, 0.6) is 0 Å². The monoisotopic (exact) mass is 128 g/mol. The Kier molecular flexibility index (Phi) is 1.55. The highest BCUT2D eigenvalue weighted by Crippen LogP contribution is 2.39. The van der Waals surface area contributed by atoms with E-state index in [4.69, 9.17) is 4.74 Å². The average molecular weight is 128 g/mol. The first-order chi connectivity index (χ1) is 4.05. The van der Waals surface area contributed by atoms with Gasteiger partial charge in [0.15, 0.2) is 0 Å². The van der Waals surface area contributed by atoms with Crippen LogP contribution in [0.4, 0.5) is 0 Å². The SMILES string of the molecule is CC[C@H]1O[C@H]1C(C)(C)C. The summed E-state index contributed by atoms with van der Waals surface area (Å²) >= 11 is 0. The van der Waals surface area contributed by atoms with E-state index >= 15 is 0 Å². The molecule has 0 N–H and O–H groups in total. The molecule has 1 saturated heterocycles. The van der Waals surface area contributed by atoms with Gasteiger partial charge in [-0.15, -0.1) is 0 Å². The van der Waals surface area contributed by atoms with Crippen LogP contribution < -0.4 is 0 Å². The van der Waals surface area contributed by atoms with Crippen molar-refractivity contribution in [2.24, 2.45) is 5.41 Å². The van der Waals surface area contributed by atoms with E-state index in [-0.39, 0.29) is 0 Å². The molecule has 0 spiro atoms. The molecule has 0 aromatic carbocycles. The summed E-state index contributed by atoms with van der Waals surface area (Å²) in [5, 5.41) is 0. The fourth-order valence-corrected chi connectivity index (χ4v) is 1.22. The second-order valence-corrected chi connectivity index (χ2v) is 3.87. The third kappa shape index (κ3) is 1.45. The van der Waals surface area contributed by atoms with E-state index in [1.807, 2.05) is 0 Å². The van der Waals surface area contributed by atoms with Crippen LogP contribution in [0.15, 0.2) is 0 Å². The molecule has 1 fully saturated rings. The molecule has 0 aliphatic carbocycles. The van der Waals surface area contributed by atoms with Crippen molar-refractivity contribution in [3.8, 4) is 0 Å². The highest BCUT2D eigenvalue weighted by Gasteiger charge is 2.45. The van der Waals surface area contributed by atoms with Gasteiger partial charge in [-0.05, 0) is 11.8 Å². The Morgan fingerprint density at radius 3 is 2.00 bits per heavy atom. The minimum absolute atomic E-state index is 0.362. The van der Waals surface area contributed by atoms with Crippen LogP contribution in [0, 0.1) is 5.41 Å². The maximum Gasteiger partial charge on any atom is 0.0889 e. The highest BCUT2D eigenvalue weighted by atomic mass is 16.6. The molecule has 0 aromatic rings. The smallest absolute Gasteiger partial charge is 0.0889 e. The standard InChI is InChI=1S/C8H16O/c1-5-6-7(9-6)8(2,3)4/h6-7H,5H2,1-4H3/t6-,7-/m1/s1. The van der Waals surface area contributed by atoms with E-state index in [0.29, 0.717) is 17.6 Å². The van der Waals surface area contributed by atoms with Crippen molar-refractivity contribution in [2.45, 2.75) is 46.3 Å². The molecule has 54 valence electrons. The fourth-order valence-electron chi connectivity index (χ4n) is 1.22. The zero-order valence-corrected chi connectivity index (χ0v) is 6.77. The zero-order chi connectivity index (χ0) is 7.07. The molecule has 0 aromatic heterocycles. The van der Waals surface area contributed by atoms with Gasteiger partial charge < -0.3 is 4.74 Å². The molecule has 1 aliphatic rings. The van der Waals surface area contributed by atoms with E-state index in [2.05, 4.69) is 27.7 Å². The lowest BCUT2D eigenvalue weighted by atomic mass is 9.90. The van der Waals surface area contributed by atoms with Crippen LogP contribution in [0.2, 0.25) is 0 Å². The van der Waals surface area contributed by atoms with Crippen molar-refractivity contribution in [3.63, 3.8) is 0 Å². The summed E-state index contributed by atoms with van der Waals surface area (Å²) in [4.78, 5) is 0. The third-order valence-corrected chi connectivity index (χ3v) is 1.84. The van der Waals surface area contributed by atoms with Crippen LogP contribution >= 0.6 is 0 Å². The molecule has 0 unspecified atom stereocenters. The van der Waals surface area contributed by atoms with E-state index in [9.17, 15) is 0 Å². The van der Waals surface area contributed by atoms with Crippen molar-refractivity contribution in [3.05, 3.63) is 0 Å². The van der Waals surface area contributed by atoms with Crippen molar-refractivity contribution < 1.29 is 4.74 Å². The fraction of sp³-hybridized carbons (Fsp3) is 1.00. The summed E-state index contributed by atoms with van der Waals surface area (Å²) in [5.74, 6) is 0. The first kappa shape index (κ1) is 7.07. The van der Waals surface area contributed by atoms with Gasteiger partial charge in [0, 0.05) is 0 Å². The minimum atomic E-state index is 0.362. The van der Waals surface area contributed by atoms with Gasteiger partial charge in [-0.25, -0.2) is 0 Å². The Morgan fingerprint density at radius 2 is 1.89 bits per heavy atom. The van der Waals surface area contributed by atoms with E-state index in [1.54, 1.807) is 0 Å². The molecule has 9 heavy (non-hydrogen) atoms. The van der Waals surface area contributed by atoms with Crippen molar-refractivity contribution >= 4 is 0 Å². The van der Waals surface area contributed by atoms with Crippen molar-refractivity contribution in [1.29, 1.82) is 0 Å². The van der Waals surface area contributed by atoms with E-state index in [0.717, 1.165) is 0 Å². The summed E-state index contributed by atoms with van der Waals surface area (Å²) in [6.45, 7) is 8.87. The molecule has 2 atom stereocenters. The molecule has 1 heterocycles.